The first kappa shape index (κ1) is 12.0. The number of nitrogens with one attached hydrogen (secondary N) is 2. The number of hydrogen-bond donors (Lipinski definition) is 3. The zero-order valence-corrected chi connectivity index (χ0v) is 9.59. The van der Waals surface area contributed by atoms with Crippen LogP contribution in [0.25, 0.3) is 0 Å². The number of likely N-dealkylation sites (N-methyl/N-ethyl adjacent to an activating group) is 1. The molecule has 0 bridgehead atoms. The molecular weight excluding hydrogens is 223 g/mol. The van der Waals surface area contributed by atoms with E-state index in [-0.39, 0.29) is 5.56 Å². The van der Waals surface area contributed by atoms with Crippen LogP contribution in [0.5, 0.6) is 0 Å². The molecular formula is C12H15FN2O2. The van der Waals surface area contributed by atoms with Crippen molar-refractivity contribution in [2.45, 2.75) is 25.3 Å². The van der Waals surface area contributed by atoms with Gasteiger partial charge in [0.15, 0.2) is 0 Å². The SMILES string of the molecule is CNC1CCc2cc(F)c(C(=O)NO)cc2C1. The minimum atomic E-state index is -0.808. The Morgan fingerprint density at radius 3 is 2.88 bits per heavy atom. The molecule has 1 aliphatic carbocycles. The van der Waals surface area contributed by atoms with E-state index >= 15 is 0 Å². The van der Waals surface area contributed by atoms with Gasteiger partial charge in [-0.3, -0.25) is 10.0 Å². The largest absolute Gasteiger partial charge is 0.317 e. The molecule has 2 rings (SSSR count). The molecule has 0 radical (unpaired) electrons. The van der Waals surface area contributed by atoms with Crippen LogP contribution in [0.1, 0.15) is 27.9 Å². The first-order valence-electron chi connectivity index (χ1n) is 5.58. The van der Waals surface area contributed by atoms with Crippen molar-refractivity contribution in [2.24, 2.45) is 0 Å². The van der Waals surface area contributed by atoms with Crippen molar-refractivity contribution in [1.29, 1.82) is 0 Å². The van der Waals surface area contributed by atoms with E-state index in [1.54, 1.807) is 0 Å². The van der Waals surface area contributed by atoms with Gasteiger partial charge in [0.2, 0.25) is 0 Å². The third-order valence-corrected chi connectivity index (χ3v) is 3.27. The van der Waals surface area contributed by atoms with Crippen LogP contribution in [0.3, 0.4) is 0 Å². The molecule has 0 saturated heterocycles. The third kappa shape index (κ3) is 2.30. The number of benzene rings is 1. The topological polar surface area (TPSA) is 61.4 Å². The monoisotopic (exact) mass is 238 g/mol. The molecule has 5 heteroatoms. The normalized spacial score (nSPS) is 18.6. The Bertz CT molecular complexity index is 448. The van der Waals surface area contributed by atoms with Crippen molar-refractivity contribution in [2.75, 3.05) is 7.05 Å². The Labute approximate surface area is 98.8 Å². The van der Waals surface area contributed by atoms with E-state index in [0.717, 1.165) is 30.4 Å². The van der Waals surface area contributed by atoms with Gasteiger partial charge in [-0.1, -0.05) is 0 Å². The van der Waals surface area contributed by atoms with E-state index in [4.69, 9.17) is 5.21 Å². The molecule has 1 aromatic rings. The Kier molecular flexibility index (Phi) is 3.40. The fraction of sp³-hybridized carbons (Fsp3) is 0.417. The number of carbonyl (C=O) groups is 1. The van der Waals surface area contributed by atoms with Gasteiger partial charge in [-0.25, -0.2) is 9.87 Å². The van der Waals surface area contributed by atoms with E-state index in [1.165, 1.54) is 17.6 Å². The summed E-state index contributed by atoms with van der Waals surface area (Å²) >= 11 is 0. The highest BCUT2D eigenvalue weighted by atomic mass is 19.1. The minimum Gasteiger partial charge on any atom is -0.317 e. The Balaban J connectivity index is 2.37. The molecule has 0 spiro atoms. The van der Waals surface area contributed by atoms with Crippen molar-refractivity contribution >= 4 is 5.91 Å². The Morgan fingerprint density at radius 2 is 2.24 bits per heavy atom. The summed E-state index contributed by atoms with van der Waals surface area (Å²) in [5, 5.41) is 11.7. The highest BCUT2D eigenvalue weighted by molar-refractivity contribution is 5.93. The summed E-state index contributed by atoms with van der Waals surface area (Å²) in [5.74, 6) is -1.39. The van der Waals surface area contributed by atoms with Crippen molar-refractivity contribution < 1.29 is 14.4 Å². The number of amides is 1. The molecule has 1 aliphatic rings. The average Bonchev–Trinajstić information content (AvgIpc) is 2.36. The standard InChI is InChI=1S/C12H15FN2O2/c1-14-9-3-2-7-6-11(13)10(12(16)15-17)5-8(7)4-9/h5-6,9,14,17H,2-4H2,1H3,(H,15,16). The molecule has 1 unspecified atom stereocenters. The van der Waals surface area contributed by atoms with Crippen molar-refractivity contribution in [1.82, 2.24) is 10.8 Å². The van der Waals surface area contributed by atoms with Crippen molar-refractivity contribution in [3.63, 3.8) is 0 Å². The van der Waals surface area contributed by atoms with E-state index in [1.807, 2.05) is 7.05 Å². The summed E-state index contributed by atoms with van der Waals surface area (Å²) in [4.78, 5) is 11.3. The molecule has 0 heterocycles. The highest BCUT2D eigenvalue weighted by Gasteiger charge is 2.21. The predicted octanol–water partition coefficient (Wildman–Crippen LogP) is 1.02. The van der Waals surface area contributed by atoms with Gasteiger partial charge in [-0.05, 0) is 49.6 Å². The number of aryl methyl sites for hydroxylation is 1. The van der Waals surface area contributed by atoms with Crippen LogP contribution in [-0.2, 0) is 12.8 Å². The Hall–Kier alpha value is -1.46. The van der Waals surface area contributed by atoms with Crippen LogP contribution in [0.4, 0.5) is 4.39 Å². The van der Waals surface area contributed by atoms with Crippen LogP contribution < -0.4 is 10.8 Å². The molecule has 1 atom stereocenters. The summed E-state index contributed by atoms with van der Waals surface area (Å²) in [5.41, 5.74) is 3.27. The van der Waals surface area contributed by atoms with Gasteiger partial charge in [0, 0.05) is 6.04 Å². The summed E-state index contributed by atoms with van der Waals surface area (Å²) in [7, 11) is 1.89. The van der Waals surface area contributed by atoms with E-state index in [9.17, 15) is 9.18 Å². The van der Waals surface area contributed by atoms with Crippen LogP contribution >= 0.6 is 0 Å². The first-order valence-corrected chi connectivity index (χ1v) is 5.58. The fourth-order valence-corrected chi connectivity index (χ4v) is 2.26. The zero-order valence-electron chi connectivity index (χ0n) is 9.59. The predicted molar refractivity (Wildman–Crippen MR) is 60.5 cm³/mol. The molecule has 1 aromatic carbocycles. The molecule has 4 nitrogen and oxygen atoms in total. The van der Waals surface area contributed by atoms with Crippen molar-refractivity contribution in [3.8, 4) is 0 Å². The summed E-state index contributed by atoms with van der Waals surface area (Å²) in [6.45, 7) is 0. The quantitative estimate of drug-likeness (QED) is 0.532. The maximum Gasteiger partial charge on any atom is 0.277 e. The molecule has 0 aliphatic heterocycles. The van der Waals surface area contributed by atoms with Crippen LogP contribution in [0, 0.1) is 5.82 Å². The number of carbonyl (C=O) groups excluding carboxylic acids is 1. The first-order chi connectivity index (χ1) is 8.15. The van der Waals surface area contributed by atoms with Gasteiger partial charge >= 0.3 is 0 Å². The lowest BCUT2D eigenvalue weighted by Crippen LogP contribution is -2.32. The summed E-state index contributed by atoms with van der Waals surface area (Å²) in [6, 6.07) is 3.28. The lowest BCUT2D eigenvalue weighted by Gasteiger charge is -2.24. The summed E-state index contributed by atoms with van der Waals surface area (Å²) < 4.78 is 13.6. The van der Waals surface area contributed by atoms with Gasteiger partial charge in [-0.15, -0.1) is 0 Å². The smallest absolute Gasteiger partial charge is 0.277 e. The molecule has 0 aromatic heterocycles. The molecule has 3 N–H and O–H groups in total. The molecule has 1 amide bonds. The fourth-order valence-electron chi connectivity index (χ4n) is 2.26. The van der Waals surface area contributed by atoms with Crippen molar-refractivity contribution in [3.05, 3.63) is 34.6 Å². The maximum absolute atomic E-state index is 13.6. The van der Waals surface area contributed by atoms with Crippen LogP contribution in [0.2, 0.25) is 0 Å². The van der Waals surface area contributed by atoms with E-state index < -0.39 is 11.7 Å². The highest BCUT2D eigenvalue weighted by Crippen LogP contribution is 2.24. The van der Waals surface area contributed by atoms with Gasteiger partial charge in [-0.2, -0.15) is 0 Å². The third-order valence-electron chi connectivity index (χ3n) is 3.27. The maximum atomic E-state index is 13.6. The number of rotatable bonds is 2. The van der Waals surface area contributed by atoms with E-state index in [2.05, 4.69) is 5.32 Å². The molecule has 0 fully saturated rings. The van der Waals surface area contributed by atoms with Crippen LogP contribution in [0.15, 0.2) is 12.1 Å². The lowest BCUT2D eigenvalue weighted by molar-refractivity contribution is 0.0701. The number of halogens is 1. The average molecular weight is 238 g/mol. The van der Waals surface area contributed by atoms with Gasteiger partial charge in [0.05, 0.1) is 5.56 Å². The van der Waals surface area contributed by atoms with Gasteiger partial charge in [0.1, 0.15) is 5.82 Å². The second kappa shape index (κ2) is 4.81. The summed E-state index contributed by atoms with van der Waals surface area (Å²) in [6.07, 6.45) is 2.55. The number of fused-ring (bicyclic) bond motifs is 1. The van der Waals surface area contributed by atoms with Crippen LogP contribution in [-0.4, -0.2) is 24.2 Å². The minimum absolute atomic E-state index is 0.108. The zero-order chi connectivity index (χ0) is 12.4. The second-order valence-corrected chi connectivity index (χ2v) is 4.27. The van der Waals surface area contributed by atoms with Gasteiger partial charge in [0.25, 0.3) is 5.91 Å². The lowest BCUT2D eigenvalue weighted by atomic mass is 9.87. The number of hydroxylamine groups is 1. The molecule has 0 saturated carbocycles. The molecule has 92 valence electrons. The molecule has 17 heavy (non-hydrogen) atoms. The Morgan fingerprint density at radius 1 is 1.47 bits per heavy atom. The second-order valence-electron chi connectivity index (χ2n) is 4.27. The van der Waals surface area contributed by atoms with Gasteiger partial charge < -0.3 is 5.32 Å². The van der Waals surface area contributed by atoms with E-state index in [0.29, 0.717) is 6.04 Å². The number of hydrogen-bond acceptors (Lipinski definition) is 3.